The largest absolute Gasteiger partial charge is 0.433 e. The summed E-state index contributed by atoms with van der Waals surface area (Å²) in [6.07, 6.45) is -0.210. The minimum Gasteiger partial charge on any atom is -0.382 e. The zero-order chi connectivity index (χ0) is 21.5. The summed E-state index contributed by atoms with van der Waals surface area (Å²) in [4.78, 5) is 12.0. The van der Waals surface area contributed by atoms with Crippen molar-refractivity contribution < 1.29 is 21.6 Å². The van der Waals surface area contributed by atoms with Crippen LogP contribution >= 0.6 is 0 Å². The van der Waals surface area contributed by atoms with E-state index in [0.717, 1.165) is 30.7 Å². The molecule has 1 saturated carbocycles. The number of rotatable bonds is 5. The normalized spacial score (nSPS) is 15.3. The number of benzene rings is 1. The summed E-state index contributed by atoms with van der Waals surface area (Å²) in [7, 11) is -2.56. The van der Waals surface area contributed by atoms with Crippen molar-refractivity contribution in [1.29, 1.82) is 0 Å². The Balaban J connectivity index is 1.65. The summed E-state index contributed by atoms with van der Waals surface area (Å²) in [6, 6.07) is 9.10. The highest BCUT2D eigenvalue weighted by atomic mass is 32.2. The first-order chi connectivity index (χ1) is 14.2. The van der Waals surface area contributed by atoms with Crippen LogP contribution in [0.25, 0.3) is 22.5 Å². The molecule has 6 nitrogen and oxygen atoms in total. The van der Waals surface area contributed by atoms with Gasteiger partial charge in [0, 0.05) is 17.3 Å². The van der Waals surface area contributed by atoms with Crippen molar-refractivity contribution in [1.82, 2.24) is 15.0 Å². The number of alkyl halides is 3. The van der Waals surface area contributed by atoms with E-state index in [-0.39, 0.29) is 17.4 Å². The van der Waals surface area contributed by atoms with Crippen molar-refractivity contribution in [2.45, 2.75) is 24.3 Å². The lowest BCUT2D eigenvalue weighted by molar-refractivity contribution is -0.141. The van der Waals surface area contributed by atoms with E-state index < -0.39 is 27.8 Å². The zero-order valence-corrected chi connectivity index (χ0v) is 16.4. The molecule has 0 bridgehead atoms. The van der Waals surface area contributed by atoms with Gasteiger partial charge in [0.2, 0.25) is 0 Å². The van der Waals surface area contributed by atoms with Crippen LogP contribution in [0.4, 0.5) is 19.0 Å². The van der Waals surface area contributed by atoms with Gasteiger partial charge in [0.1, 0.15) is 27.9 Å². The van der Waals surface area contributed by atoms with Gasteiger partial charge in [-0.1, -0.05) is 24.3 Å². The van der Waals surface area contributed by atoms with Gasteiger partial charge in [-0.3, -0.25) is 4.98 Å². The highest BCUT2D eigenvalue weighted by molar-refractivity contribution is 7.72. The van der Waals surface area contributed by atoms with Gasteiger partial charge in [0.25, 0.3) is 0 Å². The minimum atomic E-state index is -4.54. The van der Waals surface area contributed by atoms with Gasteiger partial charge in [0.15, 0.2) is 0 Å². The SMILES string of the molecule is Nc1ncc(-c2ccc(C(C3CC3)[SH](=O)=O)cc2)nc1-c1ccc(C(F)(F)F)nc1. The number of pyridine rings is 1. The quantitative estimate of drug-likeness (QED) is 0.592. The molecule has 0 radical (unpaired) electrons. The molecule has 1 aromatic carbocycles. The van der Waals surface area contributed by atoms with E-state index in [1.54, 1.807) is 24.3 Å². The Morgan fingerprint density at radius 1 is 0.967 bits per heavy atom. The monoisotopic (exact) mass is 434 g/mol. The Bertz CT molecular complexity index is 1130. The Labute approximate surface area is 172 Å². The summed E-state index contributed by atoms with van der Waals surface area (Å²) in [5, 5.41) is -0.486. The van der Waals surface area contributed by atoms with E-state index in [4.69, 9.17) is 5.73 Å². The third kappa shape index (κ3) is 4.13. The number of nitrogens with two attached hydrogens (primary N) is 1. The molecule has 2 aromatic heterocycles. The molecule has 0 amide bonds. The highest BCUT2D eigenvalue weighted by Crippen LogP contribution is 2.43. The predicted molar refractivity (Wildman–Crippen MR) is 106 cm³/mol. The van der Waals surface area contributed by atoms with Gasteiger partial charge in [-0.05, 0) is 36.5 Å². The molecule has 1 atom stereocenters. The van der Waals surface area contributed by atoms with Crippen LogP contribution in [0.3, 0.4) is 0 Å². The lowest BCUT2D eigenvalue weighted by Gasteiger charge is -2.11. The third-order valence-corrected chi connectivity index (χ3v) is 6.15. The lowest BCUT2D eigenvalue weighted by Crippen LogP contribution is -2.07. The highest BCUT2D eigenvalue weighted by Gasteiger charge is 2.34. The molecule has 1 unspecified atom stereocenters. The Morgan fingerprint density at radius 2 is 1.63 bits per heavy atom. The second kappa shape index (κ2) is 7.67. The van der Waals surface area contributed by atoms with E-state index in [0.29, 0.717) is 16.8 Å². The molecule has 2 N–H and O–H groups in total. The maximum absolute atomic E-state index is 12.7. The van der Waals surface area contributed by atoms with Crippen molar-refractivity contribution in [2.75, 3.05) is 5.73 Å². The maximum atomic E-state index is 12.7. The van der Waals surface area contributed by atoms with Gasteiger partial charge in [-0.25, -0.2) is 18.4 Å². The number of anilines is 1. The molecular formula is C20H17F3N4O2S. The number of aromatic nitrogens is 3. The van der Waals surface area contributed by atoms with E-state index in [9.17, 15) is 21.6 Å². The molecule has 1 aliphatic carbocycles. The number of hydrogen-bond acceptors (Lipinski definition) is 6. The minimum absolute atomic E-state index is 0.0640. The zero-order valence-electron chi connectivity index (χ0n) is 15.5. The van der Waals surface area contributed by atoms with Crippen LogP contribution in [-0.2, 0) is 16.9 Å². The Kier molecular flexibility index (Phi) is 5.19. The second-order valence-electron chi connectivity index (χ2n) is 7.11. The average Bonchev–Trinajstić information content (AvgIpc) is 3.53. The van der Waals surface area contributed by atoms with E-state index in [1.165, 1.54) is 12.3 Å². The fourth-order valence-corrected chi connectivity index (χ4v) is 4.34. The lowest BCUT2D eigenvalue weighted by atomic mass is 10.0. The standard InChI is InChI=1S/C20H17F3N4O2S/c21-20(22,23)16-8-7-14(9-25-16)17-19(24)26-10-15(27-17)11-1-3-12(4-2-11)18(30(28)29)13-5-6-13/h1-4,7-10,13,18,30H,5-6H2,(H2,24,26). The molecule has 4 rings (SSSR count). The first-order valence-corrected chi connectivity index (χ1v) is 10.4. The molecule has 1 aliphatic rings. The molecule has 0 spiro atoms. The molecule has 1 fully saturated rings. The van der Waals surface area contributed by atoms with Crippen LogP contribution in [0, 0.1) is 5.92 Å². The molecular weight excluding hydrogens is 417 g/mol. The summed E-state index contributed by atoms with van der Waals surface area (Å²) in [5.74, 6) is 0.237. The van der Waals surface area contributed by atoms with E-state index >= 15 is 0 Å². The van der Waals surface area contributed by atoms with Crippen molar-refractivity contribution in [3.05, 3.63) is 60.0 Å². The summed E-state index contributed by atoms with van der Waals surface area (Å²) in [5.41, 5.74) is 7.26. The van der Waals surface area contributed by atoms with Crippen LogP contribution in [-0.4, -0.2) is 23.4 Å². The van der Waals surface area contributed by atoms with Gasteiger partial charge in [-0.15, -0.1) is 0 Å². The number of nitrogen functional groups attached to an aromatic ring is 1. The topological polar surface area (TPSA) is 98.8 Å². The molecule has 156 valence electrons. The van der Waals surface area contributed by atoms with Crippen LogP contribution in [0.2, 0.25) is 0 Å². The van der Waals surface area contributed by atoms with Gasteiger partial charge in [0.05, 0.1) is 17.1 Å². The third-order valence-electron chi connectivity index (χ3n) is 4.97. The Hall–Kier alpha value is -3.01. The molecule has 2 heterocycles. The molecule has 0 aliphatic heterocycles. The van der Waals surface area contributed by atoms with Crippen molar-refractivity contribution in [2.24, 2.45) is 5.92 Å². The van der Waals surface area contributed by atoms with Gasteiger partial charge < -0.3 is 5.73 Å². The van der Waals surface area contributed by atoms with Crippen molar-refractivity contribution in [3.8, 4) is 22.5 Å². The van der Waals surface area contributed by atoms with Crippen LogP contribution in [0.5, 0.6) is 0 Å². The molecule has 0 saturated heterocycles. The summed E-state index contributed by atoms with van der Waals surface area (Å²) in [6.45, 7) is 0. The van der Waals surface area contributed by atoms with Crippen LogP contribution in [0.1, 0.15) is 29.3 Å². The van der Waals surface area contributed by atoms with E-state index in [2.05, 4.69) is 15.0 Å². The predicted octanol–water partition coefficient (Wildman–Crippen LogP) is 3.87. The Morgan fingerprint density at radius 3 is 2.17 bits per heavy atom. The molecule has 10 heteroatoms. The number of thiol groups is 1. The first-order valence-electron chi connectivity index (χ1n) is 9.14. The fraction of sp³-hybridized carbons (Fsp3) is 0.250. The van der Waals surface area contributed by atoms with Crippen LogP contribution in [0.15, 0.2) is 48.8 Å². The van der Waals surface area contributed by atoms with Crippen LogP contribution < -0.4 is 5.73 Å². The first kappa shape index (κ1) is 20.3. The van der Waals surface area contributed by atoms with Gasteiger partial charge >= 0.3 is 6.18 Å². The number of halogens is 3. The maximum Gasteiger partial charge on any atom is 0.433 e. The van der Waals surface area contributed by atoms with E-state index in [1.807, 2.05) is 0 Å². The van der Waals surface area contributed by atoms with Crippen molar-refractivity contribution >= 4 is 16.5 Å². The smallest absolute Gasteiger partial charge is 0.382 e. The second-order valence-corrected chi connectivity index (χ2v) is 8.24. The average molecular weight is 434 g/mol. The molecule has 3 aromatic rings. The van der Waals surface area contributed by atoms with Crippen molar-refractivity contribution in [3.63, 3.8) is 0 Å². The molecule has 30 heavy (non-hydrogen) atoms. The fourth-order valence-electron chi connectivity index (χ4n) is 3.28. The summed E-state index contributed by atoms with van der Waals surface area (Å²) < 4.78 is 61.4. The number of hydrogen-bond donors (Lipinski definition) is 2. The summed E-state index contributed by atoms with van der Waals surface area (Å²) >= 11 is 0. The van der Waals surface area contributed by atoms with Gasteiger partial charge in [-0.2, -0.15) is 13.2 Å². The number of nitrogens with zero attached hydrogens (tertiary/aromatic N) is 3.